The molecule has 2 rings (SSSR count). The minimum Gasteiger partial charge on any atom is -0.508 e. The predicted octanol–water partition coefficient (Wildman–Crippen LogP) is 2.00. The highest BCUT2D eigenvalue weighted by Gasteiger charge is 2.07. The molecule has 0 unspecified atom stereocenters. The van der Waals surface area contributed by atoms with E-state index in [0.29, 0.717) is 11.0 Å². The van der Waals surface area contributed by atoms with E-state index >= 15 is 0 Å². The summed E-state index contributed by atoms with van der Waals surface area (Å²) in [6.45, 7) is -0.655. The summed E-state index contributed by atoms with van der Waals surface area (Å²) in [6.07, 6.45) is 0. The molecule has 1 aromatic carbocycles. The second-order valence-electron chi connectivity index (χ2n) is 2.44. The molecular formula is C8H6FNO2. The largest absolute Gasteiger partial charge is 0.508 e. The lowest BCUT2D eigenvalue weighted by Crippen LogP contribution is -1.76. The first kappa shape index (κ1) is 7.09. The Labute approximate surface area is 67.4 Å². The average Bonchev–Trinajstić information content (AvgIpc) is 2.46. The Hall–Kier alpha value is -1.58. The second kappa shape index (κ2) is 2.48. The number of aromatic nitrogens is 1. The van der Waals surface area contributed by atoms with E-state index in [1.165, 1.54) is 12.1 Å². The molecule has 2 aromatic rings. The van der Waals surface area contributed by atoms with Gasteiger partial charge in [-0.25, -0.2) is 4.39 Å². The quantitative estimate of drug-likeness (QED) is 0.706. The van der Waals surface area contributed by atoms with Crippen molar-refractivity contribution in [2.45, 2.75) is 6.67 Å². The number of phenolic OH excluding ortho intramolecular Hbond substituents is 1. The first-order valence-corrected chi connectivity index (χ1v) is 3.44. The molecule has 1 N–H and O–H groups in total. The summed E-state index contributed by atoms with van der Waals surface area (Å²) in [5, 5.41) is 13.1. The van der Waals surface area contributed by atoms with Crippen LogP contribution < -0.4 is 0 Å². The van der Waals surface area contributed by atoms with Crippen LogP contribution in [-0.4, -0.2) is 10.3 Å². The van der Waals surface area contributed by atoms with Crippen molar-refractivity contribution in [3.05, 3.63) is 23.9 Å². The average molecular weight is 167 g/mol. The highest BCUT2D eigenvalue weighted by atomic mass is 19.1. The number of rotatable bonds is 1. The molecule has 1 heterocycles. The van der Waals surface area contributed by atoms with Crippen LogP contribution in [0.1, 0.15) is 5.69 Å². The van der Waals surface area contributed by atoms with Crippen molar-refractivity contribution in [2.75, 3.05) is 0 Å². The fraction of sp³-hybridized carbons (Fsp3) is 0.125. The minimum atomic E-state index is -0.655. The van der Waals surface area contributed by atoms with Crippen LogP contribution in [0.4, 0.5) is 4.39 Å². The molecule has 1 aromatic heterocycles. The highest BCUT2D eigenvalue weighted by molar-refractivity contribution is 5.80. The van der Waals surface area contributed by atoms with Crippen LogP contribution in [0.3, 0.4) is 0 Å². The van der Waals surface area contributed by atoms with E-state index in [0.717, 1.165) is 0 Å². The maximum absolute atomic E-state index is 12.2. The predicted molar refractivity (Wildman–Crippen MR) is 40.5 cm³/mol. The van der Waals surface area contributed by atoms with E-state index in [2.05, 4.69) is 5.16 Å². The molecule has 0 aliphatic rings. The van der Waals surface area contributed by atoms with Gasteiger partial charge in [-0.3, -0.25) is 0 Å². The van der Waals surface area contributed by atoms with Gasteiger partial charge in [0, 0.05) is 11.5 Å². The number of hydrogen-bond donors (Lipinski definition) is 1. The van der Waals surface area contributed by atoms with Gasteiger partial charge in [-0.15, -0.1) is 0 Å². The number of hydrogen-bond acceptors (Lipinski definition) is 3. The summed E-state index contributed by atoms with van der Waals surface area (Å²) >= 11 is 0. The van der Waals surface area contributed by atoms with Crippen LogP contribution >= 0.6 is 0 Å². The monoisotopic (exact) mass is 167 g/mol. The van der Waals surface area contributed by atoms with Gasteiger partial charge in [-0.05, 0) is 12.1 Å². The fourth-order valence-corrected chi connectivity index (χ4v) is 1.07. The van der Waals surface area contributed by atoms with Crippen molar-refractivity contribution in [3.8, 4) is 5.75 Å². The smallest absolute Gasteiger partial charge is 0.170 e. The summed E-state index contributed by atoms with van der Waals surface area (Å²) in [5.41, 5.74) is 0.674. The maximum Gasteiger partial charge on any atom is 0.170 e. The van der Waals surface area contributed by atoms with Crippen molar-refractivity contribution >= 4 is 11.0 Å². The first-order chi connectivity index (χ1) is 5.81. The van der Waals surface area contributed by atoms with E-state index in [9.17, 15) is 4.39 Å². The molecule has 12 heavy (non-hydrogen) atoms. The van der Waals surface area contributed by atoms with Crippen LogP contribution in [0.2, 0.25) is 0 Å². The van der Waals surface area contributed by atoms with Crippen molar-refractivity contribution in [1.82, 2.24) is 5.16 Å². The van der Waals surface area contributed by atoms with Gasteiger partial charge in [0.2, 0.25) is 0 Å². The summed E-state index contributed by atoms with van der Waals surface area (Å²) < 4.78 is 17.0. The zero-order valence-electron chi connectivity index (χ0n) is 6.12. The van der Waals surface area contributed by atoms with Crippen molar-refractivity contribution in [2.24, 2.45) is 0 Å². The van der Waals surface area contributed by atoms with Gasteiger partial charge in [-0.2, -0.15) is 0 Å². The lowest BCUT2D eigenvalue weighted by Gasteiger charge is -1.89. The summed E-state index contributed by atoms with van der Waals surface area (Å²) in [7, 11) is 0. The SMILES string of the molecule is Oc1ccc2c(CF)noc2c1. The van der Waals surface area contributed by atoms with Gasteiger partial charge in [0.05, 0.1) is 0 Å². The molecule has 0 radical (unpaired) electrons. The van der Waals surface area contributed by atoms with E-state index < -0.39 is 6.67 Å². The molecule has 0 fully saturated rings. The standard InChI is InChI=1S/C8H6FNO2/c9-4-7-6-2-1-5(11)3-8(6)12-10-7/h1-3,11H,4H2. The zero-order chi connectivity index (χ0) is 8.55. The van der Waals surface area contributed by atoms with Crippen LogP contribution in [0.25, 0.3) is 11.0 Å². The van der Waals surface area contributed by atoms with E-state index in [1.54, 1.807) is 6.07 Å². The van der Waals surface area contributed by atoms with Crippen LogP contribution in [-0.2, 0) is 6.67 Å². The lowest BCUT2D eigenvalue weighted by molar-refractivity contribution is 0.408. The zero-order valence-corrected chi connectivity index (χ0v) is 6.12. The topological polar surface area (TPSA) is 46.3 Å². The molecule has 4 heteroatoms. The molecule has 0 amide bonds. The lowest BCUT2D eigenvalue weighted by atomic mass is 10.2. The third kappa shape index (κ3) is 0.922. The van der Waals surface area contributed by atoms with E-state index in [-0.39, 0.29) is 11.4 Å². The third-order valence-corrected chi connectivity index (χ3v) is 1.66. The summed E-state index contributed by atoms with van der Waals surface area (Å²) in [5.74, 6) is 0.0871. The van der Waals surface area contributed by atoms with Crippen LogP contribution in [0, 0.1) is 0 Å². The Kier molecular flexibility index (Phi) is 1.46. The van der Waals surface area contributed by atoms with Gasteiger partial charge in [-0.1, -0.05) is 5.16 Å². The number of alkyl halides is 1. The van der Waals surface area contributed by atoms with Gasteiger partial charge in [0.15, 0.2) is 5.58 Å². The molecule has 0 saturated heterocycles. The number of nitrogens with zero attached hydrogens (tertiary/aromatic N) is 1. The summed E-state index contributed by atoms with van der Waals surface area (Å²) in [6, 6.07) is 4.45. The molecule has 3 nitrogen and oxygen atoms in total. The minimum absolute atomic E-state index is 0.0871. The number of phenols is 1. The Bertz CT molecular complexity index is 410. The molecule has 0 spiro atoms. The maximum atomic E-state index is 12.2. The molecule has 0 atom stereocenters. The van der Waals surface area contributed by atoms with E-state index in [4.69, 9.17) is 9.63 Å². The Morgan fingerprint density at radius 1 is 1.50 bits per heavy atom. The number of aromatic hydroxyl groups is 1. The van der Waals surface area contributed by atoms with Crippen LogP contribution in [0.5, 0.6) is 5.75 Å². The van der Waals surface area contributed by atoms with Crippen LogP contribution in [0.15, 0.2) is 22.7 Å². The molecule has 0 saturated carbocycles. The fourth-order valence-electron chi connectivity index (χ4n) is 1.07. The molecule has 0 aliphatic heterocycles. The first-order valence-electron chi connectivity index (χ1n) is 3.44. The van der Waals surface area contributed by atoms with Crippen molar-refractivity contribution < 1.29 is 14.0 Å². The molecule has 62 valence electrons. The Morgan fingerprint density at radius 2 is 2.33 bits per heavy atom. The molecular weight excluding hydrogens is 161 g/mol. The van der Waals surface area contributed by atoms with Gasteiger partial charge in [0.25, 0.3) is 0 Å². The molecule has 0 bridgehead atoms. The van der Waals surface area contributed by atoms with Gasteiger partial charge >= 0.3 is 0 Å². The molecule has 0 aliphatic carbocycles. The van der Waals surface area contributed by atoms with Crippen molar-refractivity contribution in [3.63, 3.8) is 0 Å². The van der Waals surface area contributed by atoms with E-state index in [1.807, 2.05) is 0 Å². The third-order valence-electron chi connectivity index (χ3n) is 1.66. The Morgan fingerprint density at radius 3 is 3.08 bits per heavy atom. The second-order valence-corrected chi connectivity index (χ2v) is 2.44. The Balaban J connectivity index is 2.73. The number of halogens is 1. The van der Waals surface area contributed by atoms with Gasteiger partial charge in [0.1, 0.15) is 18.1 Å². The van der Waals surface area contributed by atoms with Gasteiger partial charge < -0.3 is 9.63 Å². The summed E-state index contributed by atoms with van der Waals surface area (Å²) in [4.78, 5) is 0. The number of fused-ring (bicyclic) bond motifs is 1. The highest BCUT2D eigenvalue weighted by Crippen LogP contribution is 2.22. The normalized spacial score (nSPS) is 10.8. The number of benzene rings is 1. The van der Waals surface area contributed by atoms with Crippen molar-refractivity contribution in [1.29, 1.82) is 0 Å².